The van der Waals surface area contributed by atoms with Crippen LogP contribution in [0.1, 0.15) is 18.9 Å². The molecule has 0 saturated heterocycles. The van der Waals surface area contributed by atoms with Gasteiger partial charge in [0.15, 0.2) is 11.5 Å². The molecule has 102 valence electrons. The maximum absolute atomic E-state index is 5.77. The standard InChI is InChI=1S/C14H23NO3/c1-4-9-18-14-12(11-15-8-10-16-2)6-5-7-13(14)17-3/h5-7,15H,4,8-11H2,1-3H3. The summed E-state index contributed by atoms with van der Waals surface area (Å²) in [7, 11) is 3.36. The quantitative estimate of drug-likeness (QED) is 0.685. The first kappa shape index (κ1) is 14.8. The van der Waals surface area contributed by atoms with E-state index in [0.29, 0.717) is 13.2 Å². The van der Waals surface area contributed by atoms with Crippen LogP contribution < -0.4 is 14.8 Å². The minimum atomic E-state index is 0.700. The number of rotatable bonds is 9. The Morgan fingerprint density at radius 2 is 2.00 bits per heavy atom. The zero-order valence-electron chi connectivity index (χ0n) is 11.5. The first-order valence-electron chi connectivity index (χ1n) is 6.31. The number of nitrogens with one attached hydrogen (secondary N) is 1. The Morgan fingerprint density at radius 1 is 1.17 bits per heavy atom. The molecule has 1 rings (SSSR count). The van der Waals surface area contributed by atoms with Crippen molar-refractivity contribution in [3.8, 4) is 11.5 Å². The molecule has 0 saturated carbocycles. The Bertz CT molecular complexity index is 342. The fourth-order valence-electron chi connectivity index (χ4n) is 1.63. The second-order valence-electron chi connectivity index (χ2n) is 3.97. The van der Waals surface area contributed by atoms with Crippen molar-refractivity contribution >= 4 is 0 Å². The molecule has 0 heterocycles. The van der Waals surface area contributed by atoms with Gasteiger partial charge in [0.1, 0.15) is 0 Å². The summed E-state index contributed by atoms with van der Waals surface area (Å²) >= 11 is 0. The van der Waals surface area contributed by atoms with Crippen molar-refractivity contribution in [1.29, 1.82) is 0 Å². The lowest BCUT2D eigenvalue weighted by Gasteiger charge is -2.15. The summed E-state index contributed by atoms with van der Waals surface area (Å²) in [6, 6.07) is 5.95. The Kier molecular flexibility index (Phi) is 7.22. The number of para-hydroxylation sites is 1. The van der Waals surface area contributed by atoms with Crippen LogP contribution in [0.3, 0.4) is 0 Å². The van der Waals surface area contributed by atoms with Crippen LogP contribution in [0.25, 0.3) is 0 Å². The first-order valence-corrected chi connectivity index (χ1v) is 6.31. The molecule has 0 aliphatic heterocycles. The fourth-order valence-corrected chi connectivity index (χ4v) is 1.63. The Balaban J connectivity index is 2.68. The van der Waals surface area contributed by atoms with Crippen LogP contribution in [-0.2, 0) is 11.3 Å². The summed E-state index contributed by atoms with van der Waals surface area (Å²) in [5.74, 6) is 1.63. The van der Waals surface area contributed by atoms with Crippen LogP contribution in [0, 0.1) is 0 Å². The Hall–Kier alpha value is -1.26. The van der Waals surface area contributed by atoms with E-state index < -0.39 is 0 Å². The summed E-state index contributed by atoms with van der Waals surface area (Å²) in [4.78, 5) is 0. The lowest BCUT2D eigenvalue weighted by Crippen LogP contribution is -2.19. The van der Waals surface area contributed by atoms with Gasteiger partial charge in [-0.1, -0.05) is 19.1 Å². The van der Waals surface area contributed by atoms with E-state index in [4.69, 9.17) is 14.2 Å². The van der Waals surface area contributed by atoms with E-state index >= 15 is 0 Å². The van der Waals surface area contributed by atoms with E-state index in [0.717, 1.165) is 36.6 Å². The predicted molar refractivity (Wildman–Crippen MR) is 72.4 cm³/mol. The van der Waals surface area contributed by atoms with Gasteiger partial charge in [-0.2, -0.15) is 0 Å². The SMILES string of the molecule is CCCOc1c(CNCCOC)cccc1OC. The number of hydrogen-bond donors (Lipinski definition) is 1. The number of hydrogen-bond acceptors (Lipinski definition) is 4. The van der Waals surface area contributed by atoms with Gasteiger partial charge in [0.05, 0.1) is 20.3 Å². The third-order valence-electron chi connectivity index (χ3n) is 2.53. The van der Waals surface area contributed by atoms with Gasteiger partial charge in [0.25, 0.3) is 0 Å². The molecule has 18 heavy (non-hydrogen) atoms. The van der Waals surface area contributed by atoms with Crippen molar-refractivity contribution in [1.82, 2.24) is 5.32 Å². The molecule has 0 unspecified atom stereocenters. The molecule has 0 spiro atoms. The van der Waals surface area contributed by atoms with E-state index in [-0.39, 0.29) is 0 Å². The fraction of sp³-hybridized carbons (Fsp3) is 0.571. The van der Waals surface area contributed by atoms with E-state index in [1.807, 2.05) is 18.2 Å². The van der Waals surface area contributed by atoms with Gasteiger partial charge in [-0.15, -0.1) is 0 Å². The van der Waals surface area contributed by atoms with Gasteiger partial charge in [-0.3, -0.25) is 0 Å². The van der Waals surface area contributed by atoms with Crippen molar-refractivity contribution in [2.24, 2.45) is 0 Å². The van der Waals surface area contributed by atoms with Gasteiger partial charge in [0.2, 0.25) is 0 Å². The molecule has 0 aromatic heterocycles. The zero-order chi connectivity index (χ0) is 13.2. The number of methoxy groups -OCH3 is 2. The van der Waals surface area contributed by atoms with Crippen LogP contribution in [0.2, 0.25) is 0 Å². The van der Waals surface area contributed by atoms with Gasteiger partial charge in [-0.05, 0) is 12.5 Å². The van der Waals surface area contributed by atoms with E-state index in [1.165, 1.54) is 0 Å². The summed E-state index contributed by atoms with van der Waals surface area (Å²) in [5, 5.41) is 3.31. The van der Waals surface area contributed by atoms with Crippen molar-refractivity contribution in [2.75, 3.05) is 34.0 Å². The topological polar surface area (TPSA) is 39.7 Å². The second kappa shape index (κ2) is 8.78. The molecule has 0 amide bonds. The average Bonchev–Trinajstić information content (AvgIpc) is 2.41. The van der Waals surface area contributed by atoms with Gasteiger partial charge in [-0.25, -0.2) is 0 Å². The first-order chi connectivity index (χ1) is 8.83. The van der Waals surface area contributed by atoms with Crippen LogP contribution in [-0.4, -0.2) is 34.0 Å². The Labute approximate surface area is 109 Å². The van der Waals surface area contributed by atoms with E-state index in [1.54, 1.807) is 14.2 Å². The van der Waals surface area contributed by atoms with E-state index in [2.05, 4.69) is 12.2 Å². The second-order valence-corrected chi connectivity index (χ2v) is 3.97. The van der Waals surface area contributed by atoms with Crippen molar-refractivity contribution in [2.45, 2.75) is 19.9 Å². The van der Waals surface area contributed by atoms with Crippen LogP contribution in [0.15, 0.2) is 18.2 Å². The highest BCUT2D eigenvalue weighted by Crippen LogP contribution is 2.31. The van der Waals surface area contributed by atoms with Gasteiger partial charge in [0, 0.05) is 25.8 Å². The molecular weight excluding hydrogens is 230 g/mol. The summed E-state index contributed by atoms with van der Waals surface area (Å²) in [5.41, 5.74) is 1.11. The molecule has 0 aliphatic rings. The normalized spacial score (nSPS) is 10.4. The smallest absolute Gasteiger partial charge is 0.165 e. The lowest BCUT2D eigenvalue weighted by atomic mass is 10.2. The molecule has 0 atom stereocenters. The van der Waals surface area contributed by atoms with Crippen LogP contribution in [0.5, 0.6) is 11.5 Å². The third-order valence-corrected chi connectivity index (χ3v) is 2.53. The highest BCUT2D eigenvalue weighted by molar-refractivity contribution is 5.46. The predicted octanol–water partition coefficient (Wildman–Crippen LogP) is 2.22. The molecular formula is C14H23NO3. The molecule has 4 nitrogen and oxygen atoms in total. The highest BCUT2D eigenvalue weighted by Gasteiger charge is 2.09. The van der Waals surface area contributed by atoms with Crippen molar-refractivity contribution < 1.29 is 14.2 Å². The Morgan fingerprint density at radius 3 is 2.67 bits per heavy atom. The summed E-state index contributed by atoms with van der Waals surface area (Å²) in [6.07, 6.45) is 0.981. The summed E-state index contributed by atoms with van der Waals surface area (Å²) in [6.45, 7) is 5.06. The zero-order valence-corrected chi connectivity index (χ0v) is 11.5. The third kappa shape index (κ3) is 4.55. The average molecular weight is 253 g/mol. The number of benzene rings is 1. The summed E-state index contributed by atoms with van der Waals surface area (Å²) < 4.78 is 16.1. The van der Waals surface area contributed by atoms with Gasteiger partial charge < -0.3 is 19.5 Å². The minimum absolute atomic E-state index is 0.700. The lowest BCUT2D eigenvalue weighted by molar-refractivity contribution is 0.199. The van der Waals surface area contributed by atoms with Crippen LogP contribution >= 0.6 is 0 Å². The van der Waals surface area contributed by atoms with Crippen LogP contribution in [0.4, 0.5) is 0 Å². The van der Waals surface area contributed by atoms with Gasteiger partial charge >= 0.3 is 0 Å². The molecule has 0 radical (unpaired) electrons. The number of ether oxygens (including phenoxy) is 3. The molecule has 0 fully saturated rings. The maximum Gasteiger partial charge on any atom is 0.165 e. The van der Waals surface area contributed by atoms with Crippen molar-refractivity contribution in [3.63, 3.8) is 0 Å². The van der Waals surface area contributed by atoms with Crippen molar-refractivity contribution in [3.05, 3.63) is 23.8 Å². The maximum atomic E-state index is 5.77. The molecule has 0 bridgehead atoms. The highest BCUT2D eigenvalue weighted by atomic mass is 16.5. The molecule has 1 aromatic carbocycles. The molecule has 1 N–H and O–H groups in total. The molecule has 0 aliphatic carbocycles. The molecule has 4 heteroatoms. The molecule has 1 aromatic rings. The van der Waals surface area contributed by atoms with E-state index in [9.17, 15) is 0 Å². The monoisotopic (exact) mass is 253 g/mol. The minimum Gasteiger partial charge on any atom is -0.493 e. The largest absolute Gasteiger partial charge is 0.493 e.